The number of nitrogens with zero attached hydrogens (tertiary/aromatic N) is 3. The Morgan fingerprint density at radius 2 is 1.85 bits per heavy atom. The van der Waals surface area contributed by atoms with E-state index in [0.717, 1.165) is 12.2 Å². The summed E-state index contributed by atoms with van der Waals surface area (Å²) < 4.78 is 2.01. The van der Waals surface area contributed by atoms with Gasteiger partial charge in [0.15, 0.2) is 0 Å². The van der Waals surface area contributed by atoms with E-state index in [-0.39, 0.29) is 0 Å². The lowest BCUT2D eigenvalue weighted by molar-refractivity contribution is 0.386. The van der Waals surface area contributed by atoms with Gasteiger partial charge in [0.1, 0.15) is 12.2 Å². The number of rotatable bonds is 6. The van der Waals surface area contributed by atoms with Gasteiger partial charge in [-0.05, 0) is 32.4 Å². The van der Waals surface area contributed by atoms with Gasteiger partial charge in [-0.25, -0.2) is 9.67 Å². The number of benzene rings is 1. The van der Waals surface area contributed by atoms with Crippen molar-refractivity contribution >= 4 is 0 Å². The molecule has 0 bridgehead atoms. The minimum absolute atomic E-state index is 0.327. The van der Waals surface area contributed by atoms with E-state index in [0.29, 0.717) is 18.0 Å². The summed E-state index contributed by atoms with van der Waals surface area (Å²) in [5, 5.41) is 7.73. The van der Waals surface area contributed by atoms with Gasteiger partial charge in [0.05, 0.1) is 0 Å². The molecule has 4 heteroatoms. The van der Waals surface area contributed by atoms with E-state index in [1.165, 1.54) is 5.56 Å². The van der Waals surface area contributed by atoms with Gasteiger partial charge in [-0.2, -0.15) is 5.10 Å². The highest BCUT2D eigenvalue weighted by atomic mass is 15.3. The summed E-state index contributed by atoms with van der Waals surface area (Å²) in [5.74, 6) is 1.51. The standard InChI is InChI=1S/C16H24N4/c1-12(2)20-15(18-11-19-20)10-13(3)16(17-4)14-8-6-5-7-9-14/h5-9,11-13,16-17H,10H2,1-4H3. The molecule has 4 nitrogen and oxygen atoms in total. The first-order valence-electron chi connectivity index (χ1n) is 7.24. The van der Waals surface area contributed by atoms with Crippen molar-refractivity contribution in [1.29, 1.82) is 0 Å². The molecule has 0 aliphatic carbocycles. The summed E-state index contributed by atoms with van der Waals surface area (Å²) in [6, 6.07) is 11.2. The second kappa shape index (κ2) is 6.66. The first-order chi connectivity index (χ1) is 9.63. The molecule has 0 amide bonds. The summed E-state index contributed by atoms with van der Waals surface area (Å²) in [4.78, 5) is 4.41. The van der Waals surface area contributed by atoms with Gasteiger partial charge >= 0.3 is 0 Å². The van der Waals surface area contributed by atoms with Crippen LogP contribution < -0.4 is 5.32 Å². The number of aromatic nitrogens is 3. The van der Waals surface area contributed by atoms with E-state index in [4.69, 9.17) is 0 Å². The van der Waals surface area contributed by atoms with Crippen molar-refractivity contribution in [3.8, 4) is 0 Å². The molecule has 2 unspecified atom stereocenters. The fourth-order valence-corrected chi connectivity index (χ4v) is 2.70. The molecule has 0 fully saturated rings. The highest BCUT2D eigenvalue weighted by molar-refractivity contribution is 5.19. The molecule has 2 atom stereocenters. The zero-order valence-corrected chi connectivity index (χ0v) is 12.7. The highest BCUT2D eigenvalue weighted by Crippen LogP contribution is 2.24. The lowest BCUT2D eigenvalue weighted by Crippen LogP contribution is -2.26. The SMILES string of the molecule is CNC(c1ccccc1)C(C)Cc1ncnn1C(C)C. The third-order valence-corrected chi connectivity index (χ3v) is 3.68. The van der Waals surface area contributed by atoms with E-state index < -0.39 is 0 Å². The quantitative estimate of drug-likeness (QED) is 0.879. The van der Waals surface area contributed by atoms with Crippen LogP contribution in [0.5, 0.6) is 0 Å². The molecule has 0 saturated carbocycles. The molecule has 1 aromatic carbocycles. The maximum atomic E-state index is 4.41. The Bertz CT molecular complexity index is 518. The average Bonchev–Trinajstić information content (AvgIpc) is 2.89. The molecule has 0 aliphatic heterocycles. The molecule has 20 heavy (non-hydrogen) atoms. The fourth-order valence-electron chi connectivity index (χ4n) is 2.70. The van der Waals surface area contributed by atoms with Gasteiger partial charge < -0.3 is 5.32 Å². The Morgan fingerprint density at radius 3 is 2.45 bits per heavy atom. The first kappa shape index (κ1) is 14.7. The van der Waals surface area contributed by atoms with Crippen LogP contribution in [-0.2, 0) is 6.42 Å². The van der Waals surface area contributed by atoms with Crippen LogP contribution in [-0.4, -0.2) is 21.8 Å². The van der Waals surface area contributed by atoms with Crippen LogP contribution in [0.15, 0.2) is 36.7 Å². The van der Waals surface area contributed by atoms with Crippen LogP contribution in [0.25, 0.3) is 0 Å². The number of hydrogen-bond donors (Lipinski definition) is 1. The Labute approximate surface area is 121 Å². The lowest BCUT2D eigenvalue weighted by atomic mass is 9.91. The van der Waals surface area contributed by atoms with Gasteiger partial charge in [0.25, 0.3) is 0 Å². The van der Waals surface area contributed by atoms with Gasteiger partial charge in [-0.3, -0.25) is 0 Å². The third-order valence-electron chi connectivity index (χ3n) is 3.68. The van der Waals surface area contributed by atoms with Crippen LogP contribution in [0, 0.1) is 5.92 Å². The van der Waals surface area contributed by atoms with E-state index in [9.17, 15) is 0 Å². The molecular formula is C16H24N4. The third kappa shape index (κ3) is 3.25. The molecule has 0 aliphatic rings. The molecular weight excluding hydrogens is 248 g/mol. The molecule has 108 valence electrons. The molecule has 0 saturated heterocycles. The van der Waals surface area contributed by atoms with Crippen molar-refractivity contribution < 1.29 is 0 Å². The lowest BCUT2D eigenvalue weighted by Gasteiger charge is -2.24. The van der Waals surface area contributed by atoms with Crippen LogP contribution in [0.4, 0.5) is 0 Å². The minimum Gasteiger partial charge on any atom is -0.313 e. The van der Waals surface area contributed by atoms with Crippen molar-refractivity contribution in [3.63, 3.8) is 0 Å². The Hall–Kier alpha value is -1.68. The molecule has 0 radical (unpaired) electrons. The maximum Gasteiger partial charge on any atom is 0.138 e. The Kier molecular flexibility index (Phi) is 4.90. The zero-order valence-electron chi connectivity index (χ0n) is 12.7. The number of nitrogens with one attached hydrogen (secondary N) is 1. The molecule has 2 aromatic rings. The normalized spacial score (nSPS) is 14.4. The second-order valence-corrected chi connectivity index (χ2v) is 5.57. The summed E-state index contributed by atoms with van der Waals surface area (Å²) in [5.41, 5.74) is 1.32. The van der Waals surface area contributed by atoms with Crippen molar-refractivity contribution in [3.05, 3.63) is 48.0 Å². The van der Waals surface area contributed by atoms with E-state index >= 15 is 0 Å². The van der Waals surface area contributed by atoms with E-state index in [1.807, 2.05) is 11.7 Å². The second-order valence-electron chi connectivity index (χ2n) is 5.57. The monoisotopic (exact) mass is 272 g/mol. The van der Waals surface area contributed by atoms with Crippen molar-refractivity contribution in [2.75, 3.05) is 7.05 Å². The van der Waals surface area contributed by atoms with Crippen LogP contribution in [0.1, 0.15) is 44.2 Å². The highest BCUT2D eigenvalue weighted by Gasteiger charge is 2.20. The molecule has 1 heterocycles. The van der Waals surface area contributed by atoms with Gasteiger partial charge in [0.2, 0.25) is 0 Å². The Balaban J connectivity index is 2.14. The van der Waals surface area contributed by atoms with E-state index in [2.05, 4.69) is 66.5 Å². The van der Waals surface area contributed by atoms with Gasteiger partial charge in [-0.15, -0.1) is 0 Å². The van der Waals surface area contributed by atoms with Crippen molar-refractivity contribution in [2.45, 2.75) is 39.3 Å². The first-order valence-corrected chi connectivity index (χ1v) is 7.24. The minimum atomic E-state index is 0.327. The Morgan fingerprint density at radius 1 is 1.15 bits per heavy atom. The predicted octanol–water partition coefficient (Wildman–Crippen LogP) is 3.00. The summed E-state index contributed by atoms with van der Waals surface area (Å²) in [6.45, 7) is 6.53. The van der Waals surface area contributed by atoms with Crippen LogP contribution in [0.3, 0.4) is 0 Å². The number of hydrogen-bond acceptors (Lipinski definition) is 3. The maximum absolute atomic E-state index is 4.41. The van der Waals surface area contributed by atoms with Crippen molar-refractivity contribution in [1.82, 2.24) is 20.1 Å². The summed E-state index contributed by atoms with van der Waals surface area (Å²) >= 11 is 0. The smallest absolute Gasteiger partial charge is 0.138 e. The molecule has 1 N–H and O–H groups in total. The van der Waals surface area contributed by atoms with Crippen LogP contribution in [0.2, 0.25) is 0 Å². The predicted molar refractivity (Wildman–Crippen MR) is 81.5 cm³/mol. The van der Waals surface area contributed by atoms with E-state index in [1.54, 1.807) is 6.33 Å². The molecule has 1 aromatic heterocycles. The molecule has 0 spiro atoms. The van der Waals surface area contributed by atoms with Gasteiger partial charge in [-0.1, -0.05) is 37.3 Å². The summed E-state index contributed by atoms with van der Waals surface area (Å²) in [6.07, 6.45) is 2.57. The van der Waals surface area contributed by atoms with Crippen molar-refractivity contribution in [2.24, 2.45) is 5.92 Å². The van der Waals surface area contributed by atoms with Crippen LogP contribution >= 0.6 is 0 Å². The fraction of sp³-hybridized carbons (Fsp3) is 0.500. The topological polar surface area (TPSA) is 42.7 Å². The molecule has 2 rings (SSSR count). The summed E-state index contributed by atoms with van der Waals surface area (Å²) in [7, 11) is 2.02. The average molecular weight is 272 g/mol. The largest absolute Gasteiger partial charge is 0.313 e. The zero-order chi connectivity index (χ0) is 14.5. The van der Waals surface area contributed by atoms with Gasteiger partial charge in [0, 0.05) is 18.5 Å².